The van der Waals surface area contributed by atoms with Crippen molar-refractivity contribution in [1.29, 1.82) is 0 Å². The monoisotopic (exact) mass is 448 g/mol. The van der Waals surface area contributed by atoms with Gasteiger partial charge in [0, 0.05) is 38.6 Å². The van der Waals surface area contributed by atoms with E-state index in [0.29, 0.717) is 36.2 Å². The number of aryl methyl sites for hydroxylation is 1. The summed E-state index contributed by atoms with van der Waals surface area (Å²) in [5, 5.41) is 6.52. The molecule has 0 aliphatic carbocycles. The van der Waals surface area contributed by atoms with Crippen molar-refractivity contribution in [3.8, 4) is 0 Å². The highest BCUT2D eigenvalue weighted by Gasteiger charge is 2.50. The second kappa shape index (κ2) is 9.55. The van der Waals surface area contributed by atoms with E-state index in [-0.39, 0.29) is 24.4 Å². The summed E-state index contributed by atoms with van der Waals surface area (Å²) in [6, 6.07) is 8.21. The number of nitrogens with one attached hydrogen (secondary N) is 2. The molecular weight excluding hydrogens is 417 g/mol. The first-order chi connectivity index (χ1) is 13.9. The van der Waals surface area contributed by atoms with E-state index in [9.17, 15) is 21.6 Å². The molecule has 1 aromatic carbocycles. The fraction of sp³-hybridized carbons (Fsp3) is 0.650. The molecule has 0 radical (unpaired) electrons. The Balaban J connectivity index is 1.84. The van der Waals surface area contributed by atoms with Crippen LogP contribution in [0.4, 0.5) is 13.2 Å². The van der Waals surface area contributed by atoms with Crippen LogP contribution in [0.3, 0.4) is 0 Å². The number of hydrogen-bond acceptors (Lipinski definition) is 3. The van der Waals surface area contributed by atoms with E-state index < -0.39 is 15.5 Å². The van der Waals surface area contributed by atoms with Gasteiger partial charge in [-0.05, 0) is 36.8 Å². The number of alkyl halides is 3. The Kier molecular flexibility index (Phi) is 7.79. The summed E-state index contributed by atoms with van der Waals surface area (Å²) < 4.78 is 61.6. The third kappa shape index (κ3) is 5.87. The van der Waals surface area contributed by atoms with Crippen LogP contribution in [-0.4, -0.2) is 57.4 Å². The third-order valence-corrected chi connectivity index (χ3v) is 7.19. The second-order valence-corrected chi connectivity index (χ2v) is 10.2. The van der Waals surface area contributed by atoms with Crippen LogP contribution < -0.4 is 10.6 Å². The second-order valence-electron chi connectivity index (χ2n) is 8.30. The minimum Gasteiger partial charge on any atom is -0.356 e. The first-order valence-electron chi connectivity index (χ1n) is 9.95. The van der Waals surface area contributed by atoms with Crippen LogP contribution in [0.25, 0.3) is 0 Å². The molecule has 2 rings (SSSR count). The molecule has 0 saturated carbocycles. The smallest absolute Gasteiger partial charge is 0.356 e. The molecule has 1 fully saturated rings. The van der Waals surface area contributed by atoms with Crippen molar-refractivity contribution in [1.82, 2.24) is 14.9 Å². The molecule has 0 spiro atoms. The third-order valence-electron chi connectivity index (χ3n) is 5.56. The van der Waals surface area contributed by atoms with Gasteiger partial charge in [-0.3, -0.25) is 4.99 Å². The fourth-order valence-electron chi connectivity index (χ4n) is 3.69. The van der Waals surface area contributed by atoms with Crippen LogP contribution in [0.5, 0.6) is 0 Å². The Morgan fingerprint density at radius 2 is 1.77 bits per heavy atom. The van der Waals surface area contributed by atoms with E-state index in [1.165, 1.54) is 11.1 Å². The van der Waals surface area contributed by atoms with Gasteiger partial charge >= 0.3 is 15.5 Å². The predicted octanol–water partition coefficient (Wildman–Crippen LogP) is 3.00. The van der Waals surface area contributed by atoms with E-state index in [1.807, 2.05) is 12.1 Å². The highest BCUT2D eigenvalue weighted by molar-refractivity contribution is 7.90. The molecule has 0 bridgehead atoms. The summed E-state index contributed by atoms with van der Waals surface area (Å²) in [7, 11) is -3.58. The Labute approximate surface area is 177 Å². The van der Waals surface area contributed by atoms with Crippen molar-refractivity contribution < 1.29 is 21.6 Å². The van der Waals surface area contributed by atoms with Gasteiger partial charge in [-0.15, -0.1) is 0 Å². The Morgan fingerprint density at radius 3 is 2.30 bits per heavy atom. The van der Waals surface area contributed by atoms with Crippen LogP contribution in [-0.2, 0) is 15.4 Å². The van der Waals surface area contributed by atoms with E-state index >= 15 is 0 Å². The van der Waals surface area contributed by atoms with Crippen LogP contribution in [0.15, 0.2) is 29.3 Å². The Morgan fingerprint density at radius 1 is 1.17 bits per heavy atom. The van der Waals surface area contributed by atoms with Gasteiger partial charge < -0.3 is 10.6 Å². The van der Waals surface area contributed by atoms with Gasteiger partial charge in [-0.25, -0.2) is 8.42 Å². The predicted molar refractivity (Wildman–Crippen MR) is 113 cm³/mol. The zero-order chi connectivity index (χ0) is 22.6. The maximum absolute atomic E-state index is 12.7. The molecule has 0 atom stereocenters. The van der Waals surface area contributed by atoms with Crippen molar-refractivity contribution in [2.75, 3.05) is 33.2 Å². The average Bonchev–Trinajstić information content (AvgIpc) is 2.67. The molecule has 10 heteroatoms. The van der Waals surface area contributed by atoms with Crippen molar-refractivity contribution in [2.45, 2.75) is 44.5 Å². The molecule has 0 aromatic heterocycles. The number of halogens is 3. The minimum absolute atomic E-state index is 0.0765. The first kappa shape index (κ1) is 24.5. The number of aliphatic imine (C=N–C) groups is 1. The molecule has 0 unspecified atom stereocenters. The number of nitrogens with zero attached hydrogens (tertiary/aromatic N) is 2. The van der Waals surface area contributed by atoms with Gasteiger partial charge in [0.05, 0.1) is 0 Å². The number of guanidine groups is 1. The van der Waals surface area contributed by atoms with Gasteiger partial charge in [0.1, 0.15) is 0 Å². The van der Waals surface area contributed by atoms with Crippen molar-refractivity contribution in [3.05, 3.63) is 35.4 Å². The summed E-state index contributed by atoms with van der Waals surface area (Å²) in [5.41, 5.74) is -2.91. The minimum atomic E-state index is -5.24. The largest absolute Gasteiger partial charge is 0.511 e. The molecule has 1 heterocycles. The molecular formula is C20H31F3N4O2S. The summed E-state index contributed by atoms with van der Waals surface area (Å²) in [5.74, 6) is 0.689. The molecule has 30 heavy (non-hydrogen) atoms. The zero-order valence-electron chi connectivity index (χ0n) is 17.9. The number of piperidine rings is 1. The lowest BCUT2D eigenvalue weighted by atomic mass is 9.82. The van der Waals surface area contributed by atoms with E-state index in [4.69, 9.17) is 0 Å². The average molecular weight is 449 g/mol. The van der Waals surface area contributed by atoms with Gasteiger partial charge in [0.25, 0.3) is 0 Å². The van der Waals surface area contributed by atoms with Crippen LogP contribution in [0.1, 0.15) is 37.8 Å². The molecule has 170 valence electrons. The fourth-order valence-corrected chi connectivity index (χ4v) is 4.68. The molecule has 1 aliphatic rings. The summed E-state index contributed by atoms with van der Waals surface area (Å²) >= 11 is 0. The first-order valence-corrected chi connectivity index (χ1v) is 11.4. The molecule has 1 aromatic rings. The normalized spacial score (nSPS) is 17.8. The topological polar surface area (TPSA) is 73.8 Å². The Bertz CT molecular complexity index is 846. The van der Waals surface area contributed by atoms with E-state index in [0.717, 1.165) is 0 Å². The molecule has 1 aliphatic heterocycles. The maximum atomic E-state index is 12.7. The van der Waals surface area contributed by atoms with Crippen molar-refractivity contribution >= 4 is 16.0 Å². The highest BCUT2D eigenvalue weighted by Crippen LogP contribution is 2.30. The summed E-state index contributed by atoms with van der Waals surface area (Å²) in [6.07, 6.45) is 0.738. The maximum Gasteiger partial charge on any atom is 0.511 e. The lowest BCUT2D eigenvalue weighted by Gasteiger charge is -2.32. The van der Waals surface area contributed by atoms with Gasteiger partial charge in [-0.2, -0.15) is 17.5 Å². The number of rotatable bonds is 6. The van der Waals surface area contributed by atoms with Crippen LogP contribution in [0.2, 0.25) is 0 Å². The zero-order valence-corrected chi connectivity index (χ0v) is 18.7. The van der Waals surface area contributed by atoms with Crippen LogP contribution >= 0.6 is 0 Å². The quantitative estimate of drug-likeness (QED) is 0.518. The standard InChI is InChI=1S/C20H31F3N4O2S/c1-15-7-5-6-8-17(15)19(2,3)14-26-18(24-4)25-13-16-9-11-27(12-10-16)30(28,29)20(21,22)23/h5-8,16H,9-14H2,1-4H3,(H2,24,25,26). The van der Waals surface area contributed by atoms with Gasteiger partial charge in [-0.1, -0.05) is 38.1 Å². The van der Waals surface area contributed by atoms with E-state index in [2.05, 4.69) is 48.5 Å². The highest BCUT2D eigenvalue weighted by atomic mass is 32.2. The molecule has 6 nitrogen and oxygen atoms in total. The lowest BCUT2D eigenvalue weighted by molar-refractivity contribution is -0.0496. The van der Waals surface area contributed by atoms with Gasteiger partial charge in [0.15, 0.2) is 5.96 Å². The summed E-state index contributed by atoms with van der Waals surface area (Å²) in [4.78, 5) is 4.22. The van der Waals surface area contributed by atoms with Crippen LogP contribution in [0, 0.1) is 12.8 Å². The SMILES string of the molecule is CN=C(NCC1CCN(S(=O)(=O)C(F)(F)F)CC1)NCC(C)(C)c1ccccc1C. The molecule has 1 saturated heterocycles. The van der Waals surface area contributed by atoms with E-state index in [1.54, 1.807) is 7.05 Å². The molecule has 0 amide bonds. The van der Waals surface area contributed by atoms with Gasteiger partial charge in [0.2, 0.25) is 0 Å². The lowest BCUT2D eigenvalue weighted by Crippen LogP contribution is -2.48. The van der Waals surface area contributed by atoms with Crippen molar-refractivity contribution in [2.24, 2.45) is 10.9 Å². The summed E-state index contributed by atoms with van der Waals surface area (Å²) in [6.45, 7) is 7.29. The number of hydrogen-bond donors (Lipinski definition) is 2. The Hall–Kier alpha value is -1.81. The number of benzene rings is 1. The number of sulfonamides is 1. The molecule has 2 N–H and O–H groups in total. The van der Waals surface area contributed by atoms with Crippen molar-refractivity contribution in [3.63, 3.8) is 0 Å².